The van der Waals surface area contributed by atoms with Gasteiger partial charge in [-0.3, -0.25) is 9.69 Å². The maximum absolute atomic E-state index is 12.8. The molecule has 0 unspecified atom stereocenters. The smallest absolute Gasteiger partial charge is 0.298 e. The molecule has 0 aliphatic heterocycles. The molecule has 3 aromatic rings. The van der Waals surface area contributed by atoms with Gasteiger partial charge >= 0.3 is 0 Å². The molecule has 2 heterocycles. The lowest BCUT2D eigenvalue weighted by Crippen LogP contribution is -2.33. The molecule has 0 saturated heterocycles. The normalized spacial score (nSPS) is 11.3. The summed E-state index contributed by atoms with van der Waals surface area (Å²) < 4.78 is 5.97. The minimum Gasteiger partial charge on any atom is -0.351 e. The number of aromatic nitrogens is 2. The van der Waals surface area contributed by atoms with Crippen LogP contribution < -0.4 is 4.90 Å². The first-order valence-electron chi connectivity index (χ1n) is 7.48. The van der Waals surface area contributed by atoms with E-state index in [4.69, 9.17) is 16.1 Å². The minimum absolute atomic E-state index is 0.199. The summed E-state index contributed by atoms with van der Waals surface area (Å²) in [6.45, 7) is 1.40. The minimum atomic E-state index is -0.249. The number of halogens is 1. The zero-order valence-electron chi connectivity index (χ0n) is 13.4. The van der Waals surface area contributed by atoms with Crippen LogP contribution in [-0.2, 0) is 0 Å². The van der Waals surface area contributed by atoms with Crippen molar-refractivity contribution in [3.63, 3.8) is 0 Å². The third-order valence-corrected chi connectivity index (χ3v) is 4.82. The van der Waals surface area contributed by atoms with E-state index in [1.165, 1.54) is 17.5 Å². The fourth-order valence-corrected chi connectivity index (χ4v) is 3.60. The van der Waals surface area contributed by atoms with Gasteiger partial charge in [-0.1, -0.05) is 34.2 Å². The quantitative estimate of drug-likeness (QED) is 0.669. The number of carbonyl (C=O) groups excluding carboxylic acids is 1. The van der Waals surface area contributed by atoms with Crippen molar-refractivity contribution in [2.45, 2.75) is 6.42 Å². The first kappa shape index (κ1) is 16.9. The molecule has 2 aromatic heterocycles. The Morgan fingerprint density at radius 2 is 2.12 bits per heavy atom. The summed E-state index contributed by atoms with van der Waals surface area (Å²) in [5.41, 5.74) is 0.710. The molecule has 0 aliphatic rings. The van der Waals surface area contributed by atoms with E-state index in [9.17, 15) is 4.79 Å². The molecular weight excluding hydrogens is 348 g/mol. The van der Waals surface area contributed by atoms with E-state index in [0.29, 0.717) is 22.2 Å². The van der Waals surface area contributed by atoms with Gasteiger partial charge in [0.05, 0.1) is 15.9 Å². The van der Waals surface area contributed by atoms with Gasteiger partial charge in [0.15, 0.2) is 5.13 Å². The molecule has 0 bridgehead atoms. The second-order valence-corrected chi connectivity index (χ2v) is 6.99. The van der Waals surface area contributed by atoms with Crippen molar-refractivity contribution in [2.75, 3.05) is 32.1 Å². The lowest BCUT2D eigenvalue weighted by Gasteiger charge is -2.19. The highest BCUT2D eigenvalue weighted by atomic mass is 35.5. The zero-order chi connectivity index (χ0) is 17.1. The molecule has 8 heteroatoms. The van der Waals surface area contributed by atoms with Gasteiger partial charge in [-0.2, -0.15) is 0 Å². The van der Waals surface area contributed by atoms with Gasteiger partial charge in [0, 0.05) is 12.6 Å². The molecule has 24 heavy (non-hydrogen) atoms. The number of carbonyl (C=O) groups is 1. The van der Waals surface area contributed by atoms with E-state index in [-0.39, 0.29) is 11.7 Å². The largest absolute Gasteiger partial charge is 0.351 e. The van der Waals surface area contributed by atoms with E-state index >= 15 is 0 Å². The van der Waals surface area contributed by atoms with Crippen LogP contribution in [0.15, 0.2) is 35.0 Å². The molecule has 1 aromatic carbocycles. The SMILES string of the molecule is CN(C)CCCN(C(=O)c1ccno1)c1nc2c(Cl)cccc2s1. The van der Waals surface area contributed by atoms with Crippen LogP contribution in [0.2, 0.25) is 5.02 Å². The van der Waals surface area contributed by atoms with Gasteiger partial charge in [-0.15, -0.1) is 0 Å². The number of thiazole rings is 1. The van der Waals surface area contributed by atoms with Crippen molar-refractivity contribution in [1.29, 1.82) is 0 Å². The van der Waals surface area contributed by atoms with E-state index in [1.807, 2.05) is 26.2 Å². The molecule has 6 nitrogen and oxygen atoms in total. The maximum Gasteiger partial charge on any atom is 0.298 e. The van der Waals surface area contributed by atoms with E-state index < -0.39 is 0 Å². The van der Waals surface area contributed by atoms with Crippen LogP contribution in [-0.4, -0.2) is 48.1 Å². The van der Waals surface area contributed by atoms with Crippen molar-refractivity contribution in [2.24, 2.45) is 0 Å². The summed E-state index contributed by atoms with van der Waals surface area (Å²) in [4.78, 5) is 21.0. The van der Waals surface area contributed by atoms with Gasteiger partial charge < -0.3 is 9.42 Å². The van der Waals surface area contributed by atoms with Crippen LogP contribution in [0.5, 0.6) is 0 Å². The summed E-state index contributed by atoms with van der Waals surface area (Å²) in [6.07, 6.45) is 2.27. The zero-order valence-corrected chi connectivity index (χ0v) is 15.0. The molecule has 3 rings (SSSR count). The standard InChI is InChI=1S/C16H17ClN4O2S/c1-20(2)9-4-10-21(15(22)12-7-8-18-23-12)16-19-14-11(17)5-3-6-13(14)24-16/h3,5-8H,4,9-10H2,1-2H3. The summed E-state index contributed by atoms with van der Waals surface area (Å²) in [5, 5.41) is 4.80. The highest BCUT2D eigenvalue weighted by Crippen LogP contribution is 2.33. The topological polar surface area (TPSA) is 62.5 Å². The second-order valence-electron chi connectivity index (χ2n) is 5.57. The van der Waals surface area contributed by atoms with Crippen LogP contribution >= 0.6 is 22.9 Å². The monoisotopic (exact) mass is 364 g/mol. The molecule has 0 N–H and O–H groups in total. The predicted molar refractivity (Wildman–Crippen MR) is 96.0 cm³/mol. The van der Waals surface area contributed by atoms with Crippen molar-refractivity contribution in [3.8, 4) is 0 Å². The molecule has 0 atom stereocenters. The van der Waals surface area contributed by atoms with Crippen LogP contribution in [0, 0.1) is 0 Å². The molecule has 0 spiro atoms. The summed E-state index contributed by atoms with van der Waals surface area (Å²) >= 11 is 7.64. The van der Waals surface area contributed by atoms with E-state index in [0.717, 1.165) is 17.7 Å². The average Bonchev–Trinajstić information content (AvgIpc) is 3.20. The molecular formula is C16H17ClN4O2S. The summed E-state index contributed by atoms with van der Waals surface area (Å²) in [5.74, 6) is -0.0494. The molecule has 0 aliphatic carbocycles. The Morgan fingerprint density at radius 1 is 1.29 bits per heavy atom. The number of nitrogens with zero attached hydrogens (tertiary/aromatic N) is 4. The number of amides is 1. The van der Waals surface area contributed by atoms with E-state index in [2.05, 4.69) is 15.0 Å². The average molecular weight is 365 g/mol. The van der Waals surface area contributed by atoms with Crippen molar-refractivity contribution in [3.05, 3.63) is 41.2 Å². The number of rotatable bonds is 6. The first-order valence-corrected chi connectivity index (χ1v) is 8.68. The number of para-hydroxylation sites is 1. The third kappa shape index (κ3) is 3.58. The molecule has 1 amide bonds. The molecule has 0 saturated carbocycles. The Hall–Kier alpha value is -1.96. The van der Waals surface area contributed by atoms with Crippen molar-refractivity contribution >= 4 is 44.2 Å². The third-order valence-electron chi connectivity index (χ3n) is 3.47. The Morgan fingerprint density at radius 3 is 2.79 bits per heavy atom. The van der Waals surface area contributed by atoms with Gasteiger partial charge in [0.2, 0.25) is 5.76 Å². The maximum atomic E-state index is 12.8. The Bertz CT molecular complexity index is 832. The Labute approximate surface area is 148 Å². The van der Waals surface area contributed by atoms with Gasteiger partial charge in [-0.25, -0.2) is 4.98 Å². The van der Waals surface area contributed by atoms with Crippen LogP contribution in [0.3, 0.4) is 0 Å². The number of hydrogen-bond donors (Lipinski definition) is 0. The van der Waals surface area contributed by atoms with Crippen molar-refractivity contribution in [1.82, 2.24) is 15.0 Å². The second kappa shape index (κ2) is 7.29. The number of benzene rings is 1. The lowest BCUT2D eigenvalue weighted by molar-refractivity contribution is 0.0950. The van der Waals surface area contributed by atoms with Crippen LogP contribution in [0.1, 0.15) is 17.0 Å². The van der Waals surface area contributed by atoms with Gasteiger partial charge in [-0.05, 0) is 39.2 Å². The predicted octanol–water partition coefficient (Wildman–Crippen LogP) is 3.54. The Balaban J connectivity index is 1.92. The number of hydrogen-bond acceptors (Lipinski definition) is 6. The molecule has 126 valence electrons. The summed E-state index contributed by atoms with van der Waals surface area (Å²) in [7, 11) is 4.00. The van der Waals surface area contributed by atoms with Gasteiger partial charge in [0.1, 0.15) is 5.52 Å². The highest BCUT2D eigenvalue weighted by Gasteiger charge is 2.24. The lowest BCUT2D eigenvalue weighted by atomic mass is 10.3. The summed E-state index contributed by atoms with van der Waals surface area (Å²) in [6, 6.07) is 7.17. The highest BCUT2D eigenvalue weighted by molar-refractivity contribution is 7.22. The van der Waals surface area contributed by atoms with Crippen LogP contribution in [0.4, 0.5) is 5.13 Å². The molecule has 0 radical (unpaired) electrons. The number of anilines is 1. The fourth-order valence-electron chi connectivity index (χ4n) is 2.31. The fraction of sp³-hybridized carbons (Fsp3) is 0.312. The molecule has 0 fully saturated rings. The van der Waals surface area contributed by atoms with Crippen LogP contribution in [0.25, 0.3) is 10.2 Å². The van der Waals surface area contributed by atoms with E-state index in [1.54, 1.807) is 17.0 Å². The van der Waals surface area contributed by atoms with Crippen molar-refractivity contribution < 1.29 is 9.32 Å². The number of fused-ring (bicyclic) bond motifs is 1. The Kier molecular flexibility index (Phi) is 5.13. The first-order chi connectivity index (χ1) is 11.6. The van der Waals surface area contributed by atoms with Gasteiger partial charge in [0.25, 0.3) is 5.91 Å².